The molecule has 1 atom stereocenters. The number of aryl methyl sites for hydroxylation is 1. The predicted molar refractivity (Wildman–Crippen MR) is 81.0 cm³/mol. The lowest BCUT2D eigenvalue weighted by molar-refractivity contribution is -0.145. The first-order chi connectivity index (χ1) is 9.65. The fourth-order valence-corrected chi connectivity index (χ4v) is 2.28. The molecule has 1 rings (SSSR count). The van der Waals surface area contributed by atoms with Gasteiger partial charge in [-0.2, -0.15) is 0 Å². The standard InChI is InChI=1S/C17H26O3/c1-4-7-9-13-10-8-11-15(16(13)18)14(6-3)17(19)20-12-5-2/h8,10-11,14,18H,4-7,9,12H2,1-3H3. The molecule has 0 bridgehead atoms. The summed E-state index contributed by atoms with van der Waals surface area (Å²) in [5.41, 5.74) is 1.62. The summed E-state index contributed by atoms with van der Waals surface area (Å²) in [6.45, 7) is 6.47. The van der Waals surface area contributed by atoms with Crippen LogP contribution in [0.1, 0.15) is 63.5 Å². The molecule has 0 fully saturated rings. The number of para-hydroxylation sites is 1. The van der Waals surface area contributed by atoms with Crippen LogP contribution in [0.3, 0.4) is 0 Å². The number of hydrogen-bond acceptors (Lipinski definition) is 3. The summed E-state index contributed by atoms with van der Waals surface area (Å²) in [5, 5.41) is 10.4. The van der Waals surface area contributed by atoms with Gasteiger partial charge in [0.2, 0.25) is 0 Å². The van der Waals surface area contributed by atoms with Crippen molar-refractivity contribution in [1.82, 2.24) is 0 Å². The Hall–Kier alpha value is -1.51. The minimum atomic E-state index is -0.372. The van der Waals surface area contributed by atoms with Crippen molar-refractivity contribution in [2.45, 2.75) is 58.8 Å². The quantitative estimate of drug-likeness (QED) is 0.725. The molecule has 1 aromatic carbocycles. The van der Waals surface area contributed by atoms with Gasteiger partial charge < -0.3 is 9.84 Å². The highest BCUT2D eigenvalue weighted by molar-refractivity contribution is 5.79. The minimum absolute atomic E-state index is 0.239. The highest BCUT2D eigenvalue weighted by atomic mass is 16.5. The van der Waals surface area contributed by atoms with Crippen molar-refractivity contribution in [3.63, 3.8) is 0 Å². The summed E-state index contributed by atoms with van der Waals surface area (Å²) in [7, 11) is 0. The number of esters is 1. The number of hydrogen-bond donors (Lipinski definition) is 1. The van der Waals surface area contributed by atoms with Gasteiger partial charge in [-0.1, -0.05) is 45.4 Å². The lowest BCUT2D eigenvalue weighted by Gasteiger charge is -2.17. The first-order valence-electron chi connectivity index (χ1n) is 7.63. The van der Waals surface area contributed by atoms with Crippen LogP contribution in [0.5, 0.6) is 5.75 Å². The fourth-order valence-electron chi connectivity index (χ4n) is 2.28. The van der Waals surface area contributed by atoms with Crippen molar-refractivity contribution in [1.29, 1.82) is 0 Å². The van der Waals surface area contributed by atoms with E-state index < -0.39 is 0 Å². The fraction of sp³-hybridized carbons (Fsp3) is 0.588. The zero-order valence-corrected chi connectivity index (χ0v) is 12.8. The van der Waals surface area contributed by atoms with Crippen LogP contribution in [0.2, 0.25) is 0 Å². The minimum Gasteiger partial charge on any atom is -0.507 e. The van der Waals surface area contributed by atoms with Crippen LogP contribution in [-0.2, 0) is 16.0 Å². The van der Waals surface area contributed by atoms with E-state index in [1.807, 2.05) is 32.0 Å². The molecule has 20 heavy (non-hydrogen) atoms. The molecule has 112 valence electrons. The molecule has 0 aromatic heterocycles. The molecule has 0 amide bonds. The summed E-state index contributed by atoms with van der Waals surface area (Å²) in [5.74, 6) is -0.346. The summed E-state index contributed by atoms with van der Waals surface area (Å²) in [6.07, 6.45) is 4.40. The normalized spacial score (nSPS) is 12.2. The Kier molecular flexibility index (Phi) is 7.13. The number of aromatic hydroxyl groups is 1. The maximum absolute atomic E-state index is 12.1. The van der Waals surface area contributed by atoms with Gasteiger partial charge in [-0.15, -0.1) is 0 Å². The summed E-state index contributed by atoms with van der Waals surface area (Å²) < 4.78 is 5.22. The molecule has 0 saturated carbocycles. The van der Waals surface area contributed by atoms with E-state index in [4.69, 9.17) is 4.74 Å². The van der Waals surface area contributed by atoms with E-state index >= 15 is 0 Å². The molecule has 1 N–H and O–H groups in total. The maximum atomic E-state index is 12.1. The van der Waals surface area contributed by atoms with Gasteiger partial charge >= 0.3 is 5.97 Å². The van der Waals surface area contributed by atoms with Gasteiger partial charge in [-0.05, 0) is 31.2 Å². The van der Waals surface area contributed by atoms with Crippen molar-refractivity contribution in [2.24, 2.45) is 0 Å². The summed E-state index contributed by atoms with van der Waals surface area (Å²) in [4.78, 5) is 12.1. The molecule has 0 aliphatic carbocycles. The van der Waals surface area contributed by atoms with E-state index in [0.29, 0.717) is 18.6 Å². The van der Waals surface area contributed by atoms with Crippen LogP contribution < -0.4 is 0 Å². The van der Waals surface area contributed by atoms with E-state index in [1.165, 1.54) is 0 Å². The summed E-state index contributed by atoms with van der Waals surface area (Å²) in [6, 6.07) is 5.67. The Balaban J connectivity index is 2.94. The molecular weight excluding hydrogens is 252 g/mol. The second-order valence-electron chi connectivity index (χ2n) is 5.09. The third kappa shape index (κ3) is 4.26. The number of carbonyl (C=O) groups is 1. The largest absolute Gasteiger partial charge is 0.507 e. The third-order valence-corrected chi connectivity index (χ3v) is 3.47. The van der Waals surface area contributed by atoms with Gasteiger partial charge in [0.05, 0.1) is 12.5 Å². The second-order valence-corrected chi connectivity index (χ2v) is 5.09. The van der Waals surface area contributed by atoms with Crippen LogP contribution >= 0.6 is 0 Å². The lowest BCUT2D eigenvalue weighted by atomic mass is 9.92. The van der Waals surface area contributed by atoms with Crippen LogP contribution in [0.25, 0.3) is 0 Å². The van der Waals surface area contributed by atoms with Crippen LogP contribution in [0.4, 0.5) is 0 Å². The molecule has 0 radical (unpaired) electrons. The molecule has 0 saturated heterocycles. The zero-order valence-electron chi connectivity index (χ0n) is 12.8. The number of benzene rings is 1. The van der Waals surface area contributed by atoms with Gasteiger partial charge in [-0.3, -0.25) is 4.79 Å². The Morgan fingerprint density at radius 2 is 2.00 bits per heavy atom. The number of phenols is 1. The number of phenolic OH excluding ortho intramolecular Hbond substituents is 1. The average molecular weight is 278 g/mol. The Morgan fingerprint density at radius 3 is 2.60 bits per heavy atom. The number of rotatable bonds is 8. The highest BCUT2D eigenvalue weighted by Gasteiger charge is 2.24. The van der Waals surface area contributed by atoms with E-state index in [2.05, 4.69) is 6.92 Å². The second kappa shape index (κ2) is 8.62. The smallest absolute Gasteiger partial charge is 0.313 e. The number of unbranched alkanes of at least 4 members (excludes halogenated alkanes) is 1. The van der Waals surface area contributed by atoms with Gasteiger partial charge in [-0.25, -0.2) is 0 Å². The Labute approximate surface area is 122 Å². The van der Waals surface area contributed by atoms with Crippen LogP contribution in [0, 0.1) is 0 Å². The number of ether oxygens (including phenoxy) is 1. The molecule has 0 aliphatic rings. The third-order valence-electron chi connectivity index (χ3n) is 3.47. The van der Waals surface area contributed by atoms with Gasteiger partial charge in [0, 0.05) is 5.56 Å². The molecule has 1 unspecified atom stereocenters. The number of carbonyl (C=O) groups excluding carboxylic acids is 1. The SMILES string of the molecule is CCCCc1cccc(C(CC)C(=O)OCCC)c1O. The molecule has 0 spiro atoms. The molecule has 0 heterocycles. The van der Waals surface area contributed by atoms with Crippen molar-refractivity contribution >= 4 is 5.97 Å². The molecular formula is C17H26O3. The Morgan fingerprint density at radius 1 is 1.25 bits per heavy atom. The van der Waals surface area contributed by atoms with Crippen molar-refractivity contribution in [2.75, 3.05) is 6.61 Å². The van der Waals surface area contributed by atoms with Gasteiger partial charge in [0.25, 0.3) is 0 Å². The molecule has 3 heteroatoms. The van der Waals surface area contributed by atoms with Crippen molar-refractivity contribution in [3.05, 3.63) is 29.3 Å². The topological polar surface area (TPSA) is 46.5 Å². The van der Waals surface area contributed by atoms with E-state index in [0.717, 1.165) is 31.2 Å². The Bertz CT molecular complexity index is 426. The van der Waals surface area contributed by atoms with Gasteiger partial charge in [0.1, 0.15) is 5.75 Å². The predicted octanol–water partition coefficient (Wildman–Crippen LogP) is 4.18. The summed E-state index contributed by atoms with van der Waals surface area (Å²) >= 11 is 0. The monoisotopic (exact) mass is 278 g/mol. The molecule has 1 aromatic rings. The van der Waals surface area contributed by atoms with E-state index in [1.54, 1.807) is 0 Å². The van der Waals surface area contributed by atoms with Crippen LogP contribution in [0.15, 0.2) is 18.2 Å². The van der Waals surface area contributed by atoms with Crippen molar-refractivity contribution < 1.29 is 14.6 Å². The first-order valence-corrected chi connectivity index (χ1v) is 7.63. The van der Waals surface area contributed by atoms with E-state index in [9.17, 15) is 9.90 Å². The first kappa shape index (κ1) is 16.5. The molecule has 0 aliphatic heterocycles. The average Bonchev–Trinajstić information content (AvgIpc) is 2.46. The van der Waals surface area contributed by atoms with E-state index in [-0.39, 0.29) is 17.6 Å². The van der Waals surface area contributed by atoms with Crippen molar-refractivity contribution in [3.8, 4) is 5.75 Å². The highest BCUT2D eigenvalue weighted by Crippen LogP contribution is 2.32. The maximum Gasteiger partial charge on any atom is 0.313 e. The van der Waals surface area contributed by atoms with Crippen LogP contribution in [-0.4, -0.2) is 17.7 Å². The van der Waals surface area contributed by atoms with Gasteiger partial charge in [0.15, 0.2) is 0 Å². The zero-order chi connectivity index (χ0) is 15.0. The lowest BCUT2D eigenvalue weighted by Crippen LogP contribution is -2.16. The molecule has 3 nitrogen and oxygen atoms in total.